The molecule has 0 bridgehead atoms. The van der Waals surface area contributed by atoms with Crippen LogP contribution < -0.4 is 4.74 Å². The van der Waals surface area contributed by atoms with Crippen LogP contribution in [0.15, 0.2) is 36.4 Å². The van der Waals surface area contributed by atoms with Crippen molar-refractivity contribution in [3.05, 3.63) is 36.4 Å². The maximum absolute atomic E-state index is 11.8. The Balaban J connectivity index is 2.40. The molecule has 1 unspecified atom stereocenters. The van der Waals surface area contributed by atoms with Gasteiger partial charge in [-0.05, 0) is 18.6 Å². The third-order valence-corrected chi connectivity index (χ3v) is 3.09. The van der Waals surface area contributed by atoms with Crippen molar-refractivity contribution in [3.8, 4) is 11.5 Å². The minimum atomic E-state index is -0.242. The predicted molar refractivity (Wildman–Crippen MR) is 70.7 cm³/mol. The average Bonchev–Trinajstić information content (AvgIpc) is 2.41. The van der Waals surface area contributed by atoms with Crippen LogP contribution in [-0.4, -0.2) is 11.1 Å². The van der Waals surface area contributed by atoms with E-state index in [-0.39, 0.29) is 17.6 Å². The first kappa shape index (κ1) is 12.4. The summed E-state index contributed by atoms with van der Waals surface area (Å²) in [6.07, 6.45) is 0.745. The van der Waals surface area contributed by atoms with Crippen molar-refractivity contribution in [2.45, 2.75) is 20.3 Å². The monoisotopic (exact) mass is 244 g/mol. The summed E-state index contributed by atoms with van der Waals surface area (Å²) in [5.74, 6) is 0.313. The number of fused-ring (bicyclic) bond motifs is 1. The SMILES string of the molecule is CCC(C)C(=O)Oc1ccc(O)c2ccccc12. The summed E-state index contributed by atoms with van der Waals surface area (Å²) in [6.45, 7) is 3.78. The highest BCUT2D eigenvalue weighted by atomic mass is 16.5. The molecule has 2 aromatic rings. The average molecular weight is 244 g/mol. The summed E-state index contributed by atoms with van der Waals surface area (Å²) < 4.78 is 5.39. The molecule has 2 rings (SSSR count). The van der Waals surface area contributed by atoms with Crippen LogP contribution in [0.3, 0.4) is 0 Å². The van der Waals surface area contributed by atoms with Gasteiger partial charge in [0.05, 0.1) is 5.92 Å². The molecule has 0 heterocycles. The molecule has 0 aliphatic carbocycles. The van der Waals surface area contributed by atoms with Gasteiger partial charge in [0.1, 0.15) is 11.5 Å². The van der Waals surface area contributed by atoms with Gasteiger partial charge in [0.2, 0.25) is 0 Å². The number of esters is 1. The van der Waals surface area contributed by atoms with Crippen LogP contribution in [0, 0.1) is 5.92 Å². The normalized spacial score (nSPS) is 12.3. The first-order chi connectivity index (χ1) is 8.63. The number of carbonyl (C=O) groups excluding carboxylic acids is 1. The van der Waals surface area contributed by atoms with E-state index in [1.54, 1.807) is 18.2 Å². The van der Waals surface area contributed by atoms with Crippen molar-refractivity contribution in [1.82, 2.24) is 0 Å². The Morgan fingerprint density at radius 2 is 1.89 bits per heavy atom. The van der Waals surface area contributed by atoms with Gasteiger partial charge in [-0.3, -0.25) is 4.79 Å². The van der Waals surface area contributed by atoms with Crippen LogP contribution in [0.5, 0.6) is 11.5 Å². The molecule has 1 N–H and O–H groups in total. The van der Waals surface area contributed by atoms with E-state index in [1.165, 1.54) is 0 Å². The molecule has 0 spiro atoms. The van der Waals surface area contributed by atoms with Crippen molar-refractivity contribution < 1.29 is 14.6 Å². The van der Waals surface area contributed by atoms with E-state index in [0.717, 1.165) is 11.8 Å². The standard InChI is InChI=1S/C15H16O3/c1-3-10(2)15(17)18-14-9-8-13(16)11-6-4-5-7-12(11)14/h4-10,16H,3H2,1-2H3. The number of aromatic hydroxyl groups is 1. The second-order valence-corrected chi connectivity index (χ2v) is 4.36. The molecule has 0 saturated heterocycles. The van der Waals surface area contributed by atoms with E-state index in [9.17, 15) is 9.90 Å². The third-order valence-electron chi connectivity index (χ3n) is 3.09. The fourth-order valence-electron chi connectivity index (χ4n) is 1.72. The van der Waals surface area contributed by atoms with Crippen molar-refractivity contribution in [2.24, 2.45) is 5.92 Å². The third kappa shape index (κ3) is 2.30. The zero-order chi connectivity index (χ0) is 13.1. The molecule has 0 amide bonds. The minimum absolute atomic E-state index is 0.127. The van der Waals surface area contributed by atoms with E-state index < -0.39 is 0 Å². The lowest BCUT2D eigenvalue weighted by atomic mass is 10.1. The Labute approximate surface area is 106 Å². The molecule has 0 aromatic heterocycles. The Kier molecular flexibility index (Phi) is 3.51. The first-order valence-corrected chi connectivity index (χ1v) is 6.06. The van der Waals surface area contributed by atoms with Gasteiger partial charge in [-0.1, -0.05) is 38.1 Å². The van der Waals surface area contributed by atoms with Crippen molar-refractivity contribution >= 4 is 16.7 Å². The Morgan fingerprint density at radius 3 is 2.56 bits per heavy atom. The topological polar surface area (TPSA) is 46.5 Å². The van der Waals surface area contributed by atoms with Gasteiger partial charge in [0.25, 0.3) is 0 Å². The molecular formula is C15H16O3. The molecule has 0 saturated carbocycles. The molecule has 0 aliphatic heterocycles. The van der Waals surface area contributed by atoms with E-state index in [0.29, 0.717) is 11.1 Å². The summed E-state index contributed by atoms with van der Waals surface area (Å²) in [5, 5.41) is 11.2. The lowest BCUT2D eigenvalue weighted by Crippen LogP contribution is -2.17. The largest absolute Gasteiger partial charge is 0.507 e. The first-order valence-electron chi connectivity index (χ1n) is 6.06. The lowest BCUT2D eigenvalue weighted by Gasteiger charge is -2.11. The zero-order valence-corrected chi connectivity index (χ0v) is 10.5. The summed E-state index contributed by atoms with van der Waals surface area (Å²) in [4.78, 5) is 11.8. The molecule has 18 heavy (non-hydrogen) atoms. The van der Waals surface area contributed by atoms with Crippen LogP contribution >= 0.6 is 0 Å². The smallest absolute Gasteiger partial charge is 0.314 e. The molecule has 1 atom stereocenters. The van der Waals surface area contributed by atoms with Gasteiger partial charge in [0.15, 0.2) is 0 Å². The molecular weight excluding hydrogens is 228 g/mol. The molecule has 0 radical (unpaired) electrons. The number of phenolic OH excluding ortho intramolecular Hbond substituents is 1. The second kappa shape index (κ2) is 5.08. The van der Waals surface area contributed by atoms with Crippen molar-refractivity contribution in [3.63, 3.8) is 0 Å². The van der Waals surface area contributed by atoms with E-state index >= 15 is 0 Å². The van der Waals surface area contributed by atoms with Gasteiger partial charge >= 0.3 is 5.97 Å². The van der Waals surface area contributed by atoms with Gasteiger partial charge in [-0.15, -0.1) is 0 Å². The van der Waals surface area contributed by atoms with Crippen molar-refractivity contribution in [1.29, 1.82) is 0 Å². The molecule has 0 aliphatic rings. The molecule has 3 nitrogen and oxygen atoms in total. The fraction of sp³-hybridized carbons (Fsp3) is 0.267. The number of hydrogen-bond acceptors (Lipinski definition) is 3. The van der Waals surface area contributed by atoms with E-state index in [2.05, 4.69) is 0 Å². The Bertz CT molecular complexity index is 575. The summed E-state index contributed by atoms with van der Waals surface area (Å²) in [5.41, 5.74) is 0. The number of carbonyl (C=O) groups is 1. The van der Waals surface area contributed by atoms with Gasteiger partial charge < -0.3 is 9.84 Å². The van der Waals surface area contributed by atoms with Crippen LogP contribution in [0.1, 0.15) is 20.3 Å². The number of benzene rings is 2. The molecule has 0 fully saturated rings. The number of hydrogen-bond donors (Lipinski definition) is 1. The quantitative estimate of drug-likeness (QED) is 0.664. The predicted octanol–water partition coefficient (Wildman–Crippen LogP) is 3.50. The summed E-state index contributed by atoms with van der Waals surface area (Å²) in [6, 6.07) is 10.5. The Morgan fingerprint density at radius 1 is 1.22 bits per heavy atom. The maximum atomic E-state index is 11.8. The van der Waals surface area contributed by atoms with Gasteiger partial charge in [-0.2, -0.15) is 0 Å². The highest BCUT2D eigenvalue weighted by Crippen LogP contribution is 2.32. The summed E-state index contributed by atoms with van der Waals surface area (Å²) >= 11 is 0. The van der Waals surface area contributed by atoms with Crippen LogP contribution in [0.4, 0.5) is 0 Å². The molecule has 2 aromatic carbocycles. The summed E-state index contributed by atoms with van der Waals surface area (Å²) in [7, 11) is 0. The van der Waals surface area contributed by atoms with Gasteiger partial charge in [-0.25, -0.2) is 0 Å². The maximum Gasteiger partial charge on any atom is 0.314 e. The van der Waals surface area contributed by atoms with E-state index in [1.807, 2.05) is 32.0 Å². The fourth-order valence-corrected chi connectivity index (χ4v) is 1.72. The second-order valence-electron chi connectivity index (χ2n) is 4.36. The van der Waals surface area contributed by atoms with Crippen molar-refractivity contribution in [2.75, 3.05) is 0 Å². The van der Waals surface area contributed by atoms with E-state index in [4.69, 9.17) is 4.74 Å². The number of rotatable bonds is 3. The molecule has 94 valence electrons. The highest BCUT2D eigenvalue weighted by Gasteiger charge is 2.15. The number of ether oxygens (including phenoxy) is 1. The molecule has 3 heteroatoms. The lowest BCUT2D eigenvalue weighted by molar-refractivity contribution is -0.138. The minimum Gasteiger partial charge on any atom is -0.507 e. The van der Waals surface area contributed by atoms with Crippen LogP contribution in [0.2, 0.25) is 0 Å². The van der Waals surface area contributed by atoms with Crippen LogP contribution in [-0.2, 0) is 4.79 Å². The zero-order valence-electron chi connectivity index (χ0n) is 10.5. The van der Waals surface area contributed by atoms with Gasteiger partial charge in [0, 0.05) is 10.8 Å². The van der Waals surface area contributed by atoms with Crippen LogP contribution in [0.25, 0.3) is 10.8 Å². The Hall–Kier alpha value is -2.03. The number of phenols is 1. The highest BCUT2D eigenvalue weighted by molar-refractivity contribution is 5.94.